The summed E-state index contributed by atoms with van der Waals surface area (Å²) in [4.78, 5) is 33.6. The third-order valence-corrected chi connectivity index (χ3v) is 5.89. The maximum absolute atomic E-state index is 12.9. The van der Waals surface area contributed by atoms with Crippen LogP contribution in [-0.2, 0) is 22.7 Å². The van der Waals surface area contributed by atoms with Crippen molar-refractivity contribution in [1.82, 2.24) is 19.4 Å². The molecule has 6 heteroatoms. The average Bonchev–Trinajstić information content (AvgIpc) is 3.48. The first-order valence-electron chi connectivity index (χ1n) is 10.1. The molecular weight excluding hydrogens is 340 g/mol. The monoisotopic (exact) mass is 368 g/mol. The topological polar surface area (TPSA) is 58.4 Å². The highest BCUT2D eigenvalue weighted by Crippen LogP contribution is 2.32. The summed E-state index contributed by atoms with van der Waals surface area (Å²) in [6.45, 7) is 4.88. The lowest BCUT2D eigenvalue weighted by molar-refractivity contribution is -0.140. The Kier molecular flexibility index (Phi) is 4.89. The molecule has 2 amide bonds. The normalized spacial score (nSPS) is 18.1. The number of rotatable bonds is 5. The lowest BCUT2D eigenvalue weighted by Gasteiger charge is -2.33. The molecular formula is C21H28N4O2. The van der Waals surface area contributed by atoms with Crippen molar-refractivity contribution in [2.24, 2.45) is 11.8 Å². The number of fused-ring (bicyclic) bond motifs is 1. The molecule has 2 aromatic rings. The van der Waals surface area contributed by atoms with Gasteiger partial charge >= 0.3 is 0 Å². The number of likely N-dealkylation sites (tertiary alicyclic amines) is 1. The van der Waals surface area contributed by atoms with E-state index in [0.717, 1.165) is 49.1 Å². The lowest BCUT2D eigenvalue weighted by atomic mass is 9.95. The van der Waals surface area contributed by atoms with E-state index in [0.29, 0.717) is 25.5 Å². The minimum Gasteiger partial charge on any atom is -0.342 e. The summed E-state index contributed by atoms with van der Waals surface area (Å²) < 4.78 is 2.18. The number of hydrogen-bond donors (Lipinski definition) is 0. The number of aryl methyl sites for hydroxylation is 1. The van der Waals surface area contributed by atoms with Gasteiger partial charge in [-0.25, -0.2) is 4.98 Å². The minimum atomic E-state index is 0.0118. The molecule has 2 fully saturated rings. The Bertz CT molecular complexity index is 847. The van der Waals surface area contributed by atoms with Gasteiger partial charge in [-0.2, -0.15) is 0 Å². The number of aromatic nitrogens is 2. The van der Waals surface area contributed by atoms with Crippen LogP contribution in [0.25, 0.3) is 11.0 Å². The van der Waals surface area contributed by atoms with Gasteiger partial charge in [0.2, 0.25) is 11.8 Å². The van der Waals surface area contributed by atoms with E-state index >= 15 is 0 Å². The molecule has 0 spiro atoms. The van der Waals surface area contributed by atoms with Crippen LogP contribution >= 0.6 is 0 Å². The molecule has 1 aromatic carbocycles. The van der Waals surface area contributed by atoms with Gasteiger partial charge in [0.15, 0.2) is 0 Å². The Morgan fingerprint density at radius 1 is 1.11 bits per heavy atom. The van der Waals surface area contributed by atoms with Crippen molar-refractivity contribution in [3.8, 4) is 0 Å². The summed E-state index contributed by atoms with van der Waals surface area (Å²) in [5.41, 5.74) is 2.09. The Morgan fingerprint density at radius 2 is 1.81 bits per heavy atom. The molecule has 2 heterocycles. The molecule has 1 aromatic heterocycles. The number of para-hydroxylation sites is 2. The third kappa shape index (κ3) is 3.57. The summed E-state index contributed by atoms with van der Waals surface area (Å²) >= 11 is 0. The van der Waals surface area contributed by atoms with Gasteiger partial charge < -0.3 is 14.4 Å². The molecule has 0 bridgehead atoms. The van der Waals surface area contributed by atoms with Crippen molar-refractivity contribution < 1.29 is 9.59 Å². The fraction of sp³-hybridized carbons (Fsp3) is 0.571. The smallest absolute Gasteiger partial charge is 0.225 e. The number of imidazole rings is 1. The Labute approximate surface area is 160 Å². The summed E-state index contributed by atoms with van der Waals surface area (Å²) in [6, 6.07) is 8.10. The molecule has 4 rings (SSSR count). The van der Waals surface area contributed by atoms with E-state index < -0.39 is 0 Å². The van der Waals surface area contributed by atoms with Crippen molar-refractivity contribution in [2.45, 2.75) is 45.7 Å². The Hall–Kier alpha value is -2.37. The summed E-state index contributed by atoms with van der Waals surface area (Å²) in [5.74, 6) is 1.67. The quantitative estimate of drug-likeness (QED) is 0.815. The number of piperidine rings is 1. The van der Waals surface area contributed by atoms with E-state index in [4.69, 9.17) is 4.98 Å². The summed E-state index contributed by atoms with van der Waals surface area (Å²) in [5, 5.41) is 0. The zero-order valence-electron chi connectivity index (χ0n) is 16.2. The maximum Gasteiger partial charge on any atom is 0.225 e. The van der Waals surface area contributed by atoms with Crippen molar-refractivity contribution >= 4 is 22.8 Å². The fourth-order valence-corrected chi connectivity index (χ4v) is 4.14. The number of carbonyl (C=O) groups is 2. The van der Waals surface area contributed by atoms with Crippen LogP contribution in [0.2, 0.25) is 0 Å². The molecule has 0 atom stereocenters. The molecule has 0 radical (unpaired) electrons. The van der Waals surface area contributed by atoms with Crippen LogP contribution in [0, 0.1) is 11.8 Å². The highest BCUT2D eigenvalue weighted by atomic mass is 16.2. The van der Waals surface area contributed by atoms with Gasteiger partial charge in [0, 0.05) is 38.5 Å². The van der Waals surface area contributed by atoms with Crippen molar-refractivity contribution in [1.29, 1.82) is 0 Å². The van der Waals surface area contributed by atoms with Crippen LogP contribution in [0.1, 0.15) is 38.4 Å². The van der Waals surface area contributed by atoms with Crippen LogP contribution < -0.4 is 0 Å². The van der Waals surface area contributed by atoms with E-state index in [1.165, 1.54) is 0 Å². The summed E-state index contributed by atoms with van der Waals surface area (Å²) in [6.07, 6.45) is 3.62. The standard InChI is InChI=1S/C21H28N4O2/c1-3-25-18-7-5-4-6-17(18)22-19(25)14-23(2)20(26)16-10-12-24(13-11-16)21(27)15-8-9-15/h4-7,15-16H,3,8-14H2,1-2H3. The minimum absolute atomic E-state index is 0.0118. The fourth-order valence-electron chi connectivity index (χ4n) is 4.14. The molecule has 1 saturated heterocycles. The second-order valence-corrected chi connectivity index (χ2v) is 7.83. The van der Waals surface area contributed by atoms with Gasteiger partial charge in [0.05, 0.1) is 17.6 Å². The number of amides is 2. The zero-order chi connectivity index (χ0) is 19.0. The molecule has 27 heavy (non-hydrogen) atoms. The van der Waals surface area contributed by atoms with E-state index in [-0.39, 0.29) is 17.7 Å². The van der Waals surface area contributed by atoms with Crippen LogP contribution in [0.15, 0.2) is 24.3 Å². The largest absolute Gasteiger partial charge is 0.342 e. The van der Waals surface area contributed by atoms with Gasteiger partial charge in [0.1, 0.15) is 5.82 Å². The Morgan fingerprint density at radius 3 is 2.48 bits per heavy atom. The number of carbonyl (C=O) groups excluding carboxylic acids is 2. The van der Waals surface area contributed by atoms with Gasteiger partial charge in [0.25, 0.3) is 0 Å². The molecule has 2 aliphatic rings. The molecule has 0 N–H and O–H groups in total. The number of nitrogens with zero attached hydrogens (tertiary/aromatic N) is 4. The van der Waals surface area contributed by atoms with Crippen molar-refractivity contribution in [3.63, 3.8) is 0 Å². The SMILES string of the molecule is CCn1c(CN(C)C(=O)C2CCN(C(=O)C3CC3)CC2)nc2ccccc21. The predicted octanol–water partition coefficient (Wildman–Crippen LogP) is 2.66. The molecule has 1 saturated carbocycles. The van der Waals surface area contributed by atoms with Crippen molar-refractivity contribution in [3.05, 3.63) is 30.1 Å². The molecule has 6 nitrogen and oxygen atoms in total. The van der Waals surface area contributed by atoms with Crippen LogP contribution in [-0.4, -0.2) is 51.3 Å². The first kappa shape index (κ1) is 18.0. The Balaban J connectivity index is 1.39. The van der Waals surface area contributed by atoms with Gasteiger partial charge in [-0.05, 0) is 44.7 Å². The van der Waals surface area contributed by atoms with Crippen LogP contribution in [0.4, 0.5) is 0 Å². The van der Waals surface area contributed by atoms with Gasteiger partial charge in [-0.1, -0.05) is 12.1 Å². The second-order valence-electron chi connectivity index (χ2n) is 7.83. The lowest BCUT2D eigenvalue weighted by Crippen LogP contribution is -2.44. The molecule has 144 valence electrons. The van der Waals surface area contributed by atoms with E-state index in [9.17, 15) is 9.59 Å². The molecule has 0 unspecified atom stereocenters. The first-order chi connectivity index (χ1) is 13.1. The number of benzene rings is 1. The van der Waals surface area contributed by atoms with E-state index in [2.05, 4.69) is 17.6 Å². The third-order valence-electron chi connectivity index (χ3n) is 5.89. The first-order valence-corrected chi connectivity index (χ1v) is 10.1. The molecule has 1 aliphatic heterocycles. The predicted molar refractivity (Wildman–Crippen MR) is 104 cm³/mol. The van der Waals surface area contributed by atoms with Crippen LogP contribution in [0.3, 0.4) is 0 Å². The second kappa shape index (κ2) is 7.33. The number of hydrogen-bond acceptors (Lipinski definition) is 3. The molecule has 1 aliphatic carbocycles. The zero-order valence-corrected chi connectivity index (χ0v) is 16.2. The van der Waals surface area contributed by atoms with E-state index in [1.54, 1.807) is 4.90 Å². The van der Waals surface area contributed by atoms with E-state index in [1.807, 2.05) is 30.1 Å². The van der Waals surface area contributed by atoms with Gasteiger partial charge in [-0.15, -0.1) is 0 Å². The van der Waals surface area contributed by atoms with Gasteiger partial charge in [-0.3, -0.25) is 9.59 Å². The van der Waals surface area contributed by atoms with Crippen LogP contribution in [0.5, 0.6) is 0 Å². The summed E-state index contributed by atoms with van der Waals surface area (Å²) in [7, 11) is 1.86. The maximum atomic E-state index is 12.9. The highest BCUT2D eigenvalue weighted by molar-refractivity contribution is 5.82. The average molecular weight is 368 g/mol. The highest BCUT2D eigenvalue weighted by Gasteiger charge is 2.36. The van der Waals surface area contributed by atoms with Crippen molar-refractivity contribution in [2.75, 3.05) is 20.1 Å².